The maximum Gasteiger partial charge on any atom is 0.281 e. The van der Waals surface area contributed by atoms with Crippen LogP contribution in [0.4, 0.5) is 11.5 Å². The Morgan fingerprint density at radius 2 is 2.00 bits per heavy atom. The van der Waals surface area contributed by atoms with Crippen LogP contribution in [0.1, 0.15) is 5.56 Å². The minimum absolute atomic E-state index is 0.0265. The van der Waals surface area contributed by atoms with Gasteiger partial charge in [-0.1, -0.05) is 18.2 Å². The molecule has 0 unspecified atom stereocenters. The molecular weight excluding hydrogens is 288 g/mol. The molecule has 21 heavy (non-hydrogen) atoms. The van der Waals surface area contributed by atoms with E-state index in [-0.39, 0.29) is 10.8 Å². The van der Waals surface area contributed by atoms with Crippen LogP contribution in [-0.2, 0) is 10.0 Å². The second-order valence-electron chi connectivity index (χ2n) is 4.71. The minimum atomic E-state index is -3.82. The molecule has 6 nitrogen and oxygen atoms in total. The van der Waals surface area contributed by atoms with Crippen molar-refractivity contribution in [3.05, 3.63) is 54.2 Å². The van der Waals surface area contributed by atoms with Crippen molar-refractivity contribution in [1.82, 2.24) is 9.38 Å². The lowest BCUT2D eigenvalue weighted by molar-refractivity contribution is 0.597. The van der Waals surface area contributed by atoms with Gasteiger partial charge in [-0.15, -0.1) is 0 Å². The lowest BCUT2D eigenvalue weighted by Crippen LogP contribution is -2.16. The van der Waals surface area contributed by atoms with Gasteiger partial charge in [0.1, 0.15) is 5.65 Å². The lowest BCUT2D eigenvalue weighted by Gasteiger charge is -2.09. The molecule has 7 heteroatoms. The lowest BCUT2D eigenvalue weighted by atomic mass is 10.2. The fraction of sp³-hybridized carbons (Fsp3) is 0.0714. The van der Waals surface area contributed by atoms with E-state index in [0.717, 1.165) is 5.56 Å². The van der Waals surface area contributed by atoms with E-state index in [1.165, 1.54) is 4.40 Å². The van der Waals surface area contributed by atoms with Crippen LogP contribution in [-0.4, -0.2) is 17.8 Å². The Kier molecular flexibility index (Phi) is 3.06. The first kappa shape index (κ1) is 13.4. The number of hydrogen-bond acceptors (Lipinski definition) is 4. The molecule has 0 saturated heterocycles. The molecule has 1 aromatic carbocycles. The number of sulfonamides is 1. The largest absolute Gasteiger partial charge is 0.381 e. The number of rotatable bonds is 3. The summed E-state index contributed by atoms with van der Waals surface area (Å²) in [6.45, 7) is 1.89. The SMILES string of the molecule is Cc1cccc(NS(=O)(=O)c2c(N)nc3ccccn23)c1. The number of nitrogens with one attached hydrogen (secondary N) is 1. The quantitative estimate of drug-likeness (QED) is 0.774. The van der Waals surface area contributed by atoms with Crippen molar-refractivity contribution >= 4 is 27.2 Å². The second-order valence-corrected chi connectivity index (χ2v) is 6.30. The number of nitrogens with two attached hydrogens (primary N) is 1. The normalized spacial score (nSPS) is 11.7. The van der Waals surface area contributed by atoms with Crippen LogP contribution in [0.25, 0.3) is 5.65 Å². The molecule has 0 bridgehead atoms. The standard InChI is InChI=1S/C14H14N4O2S/c1-10-5-4-6-11(9-10)17-21(19,20)14-13(15)16-12-7-2-3-8-18(12)14/h2-9,17H,15H2,1H3. The van der Waals surface area contributed by atoms with Crippen molar-refractivity contribution in [1.29, 1.82) is 0 Å². The van der Waals surface area contributed by atoms with Crippen molar-refractivity contribution in [2.75, 3.05) is 10.5 Å². The first-order chi connectivity index (χ1) is 9.97. The van der Waals surface area contributed by atoms with Crippen molar-refractivity contribution in [3.63, 3.8) is 0 Å². The first-order valence-electron chi connectivity index (χ1n) is 6.29. The molecule has 2 heterocycles. The zero-order valence-electron chi connectivity index (χ0n) is 11.3. The maximum absolute atomic E-state index is 12.6. The number of fused-ring (bicyclic) bond motifs is 1. The molecule has 0 aliphatic heterocycles. The van der Waals surface area contributed by atoms with E-state index in [9.17, 15) is 8.42 Å². The Morgan fingerprint density at radius 1 is 1.19 bits per heavy atom. The monoisotopic (exact) mass is 302 g/mol. The van der Waals surface area contributed by atoms with Gasteiger partial charge in [0.05, 0.1) is 0 Å². The van der Waals surface area contributed by atoms with Gasteiger partial charge < -0.3 is 5.73 Å². The summed E-state index contributed by atoms with van der Waals surface area (Å²) in [5.41, 5.74) is 7.70. The summed E-state index contributed by atoms with van der Waals surface area (Å²) in [5, 5.41) is -0.0559. The number of benzene rings is 1. The highest BCUT2D eigenvalue weighted by Crippen LogP contribution is 2.23. The van der Waals surface area contributed by atoms with Gasteiger partial charge in [0.2, 0.25) is 5.03 Å². The summed E-state index contributed by atoms with van der Waals surface area (Å²) >= 11 is 0. The molecule has 0 amide bonds. The van der Waals surface area contributed by atoms with Crippen molar-refractivity contribution < 1.29 is 8.42 Å². The summed E-state index contributed by atoms with van der Waals surface area (Å²) in [6.07, 6.45) is 1.61. The molecule has 0 fully saturated rings. The van der Waals surface area contributed by atoms with Gasteiger partial charge in [0.25, 0.3) is 10.0 Å². The van der Waals surface area contributed by atoms with Crippen LogP contribution in [0, 0.1) is 6.92 Å². The van der Waals surface area contributed by atoms with E-state index in [1.807, 2.05) is 13.0 Å². The molecular formula is C14H14N4O2S. The average molecular weight is 302 g/mol. The number of imidazole rings is 1. The topological polar surface area (TPSA) is 89.5 Å². The third kappa shape index (κ3) is 2.43. The predicted octanol–water partition coefficient (Wildman–Crippen LogP) is 2.03. The number of anilines is 2. The summed E-state index contributed by atoms with van der Waals surface area (Å²) in [5.74, 6) is -0.0265. The number of nitrogens with zero attached hydrogens (tertiary/aromatic N) is 2. The number of aryl methyl sites for hydroxylation is 1. The highest BCUT2D eigenvalue weighted by molar-refractivity contribution is 7.92. The maximum atomic E-state index is 12.6. The molecule has 0 aliphatic carbocycles. The third-order valence-corrected chi connectivity index (χ3v) is 4.46. The van der Waals surface area contributed by atoms with Gasteiger partial charge >= 0.3 is 0 Å². The van der Waals surface area contributed by atoms with Crippen molar-refractivity contribution in [3.8, 4) is 0 Å². The summed E-state index contributed by atoms with van der Waals surface area (Å²) in [4.78, 5) is 4.06. The van der Waals surface area contributed by atoms with E-state index in [0.29, 0.717) is 11.3 Å². The zero-order chi connectivity index (χ0) is 15.0. The highest BCUT2D eigenvalue weighted by atomic mass is 32.2. The van der Waals surface area contributed by atoms with E-state index < -0.39 is 10.0 Å². The summed E-state index contributed by atoms with van der Waals surface area (Å²) < 4.78 is 29.1. The third-order valence-electron chi connectivity index (χ3n) is 3.04. The average Bonchev–Trinajstić information content (AvgIpc) is 2.74. The molecule has 0 radical (unpaired) electrons. The van der Waals surface area contributed by atoms with E-state index in [1.54, 1.807) is 42.6 Å². The molecule has 0 spiro atoms. The molecule has 0 atom stereocenters. The van der Waals surface area contributed by atoms with Crippen LogP contribution in [0.2, 0.25) is 0 Å². The van der Waals surface area contributed by atoms with Crippen LogP contribution >= 0.6 is 0 Å². The second kappa shape index (κ2) is 4.78. The van der Waals surface area contributed by atoms with Gasteiger partial charge in [-0.25, -0.2) is 4.98 Å². The number of hydrogen-bond donors (Lipinski definition) is 2. The van der Waals surface area contributed by atoms with Crippen LogP contribution in [0.5, 0.6) is 0 Å². The van der Waals surface area contributed by atoms with Gasteiger partial charge in [-0.05, 0) is 36.8 Å². The zero-order valence-corrected chi connectivity index (χ0v) is 12.1. The van der Waals surface area contributed by atoms with E-state index in [4.69, 9.17) is 5.73 Å². The first-order valence-corrected chi connectivity index (χ1v) is 7.78. The molecule has 3 rings (SSSR count). The molecule has 0 aliphatic rings. The Balaban J connectivity index is 2.10. The van der Waals surface area contributed by atoms with Crippen LogP contribution < -0.4 is 10.5 Å². The number of aromatic nitrogens is 2. The number of nitrogen functional groups attached to an aromatic ring is 1. The predicted molar refractivity (Wildman–Crippen MR) is 81.6 cm³/mol. The number of pyridine rings is 1. The Hall–Kier alpha value is -2.54. The van der Waals surface area contributed by atoms with E-state index in [2.05, 4.69) is 9.71 Å². The van der Waals surface area contributed by atoms with Crippen LogP contribution in [0.15, 0.2) is 53.7 Å². The van der Waals surface area contributed by atoms with Crippen LogP contribution in [0.3, 0.4) is 0 Å². The van der Waals surface area contributed by atoms with Crippen molar-refractivity contribution in [2.45, 2.75) is 11.9 Å². The molecule has 2 aromatic heterocycles. The van der Waals surface area contributed by atoms with E-state index >= 15 is 0 Å². The summed E-state index contributed by atoms with van der Waals surface area (Å²) in [7, 11) is -3.82. The fourth-order valence-corrected chi connectivity index (χ4v) is 3.44. The smallest absolute Gasteiger partial charge is 0.281 e. The summed E-state index contributed by atoms with van der Waals surface area (Å²) in [6, 6.07) is 12.3. The van der Waals surface area contributed by atoms with Crippen molar-refractivity contribution in [2.24, 2.45) is 0 Å². The Morgan fingerprint density at radius 3 is 2.76 bits per heavy atom. The van der Waals surface area contributed by atoms with Gasteiger partial charge in [-0.2, -0.15) is 8.42 Å². The molecule has 3 aromatic rings. The van der Waals surface area contributed by atoms with Gasteiger partial charge in [0, 0.05) is 11.9 Å². The van der Waals surface area contributed by atoms with Gasteiger partial charge in [0.15, 0.2) is 5.82 Å². The molecule has 0 saturated carbocycles. The van der Waals surface area contributed by atoms with Gasteiger partial charge in [-0.3, -0.25) is 9.12 Å². The fourth-order valence-electron chi connectivity index (χ4n) is 2.17. The Bertz CT molecular complexity index is 916. The molecule has 108 valence electrons. The minimum Gasteiger partial charge on any atom is -0.381 e. The molecule has 3 N–H and O–H groups in total. The highest BCUT2D eigenvalue weighted by Gasteiger charge is 2.23. The Labute approximate surface area is 122 Å².